The van der Waals surface area contributed by atoms with Crippen molar-refractivity contribution in [3.63, 3.8) is 0 Å². The van der Waals surface area contributed by atoms with Gasteiger partial charge >= 0.3 is 0 Å². The normalized spacial score (nSPS) is 31.0. The molecule has 0 aromatic heterocycles. The van der Waals surface area contributed by atoms with Gasteiger partial charge in [0.15, 0.2) is 0 Å². The zero-order valence-electron chi connectivity index (χ0n) is 9.19. The molecule has 0 spiro atoms. The van der Waals surface area contributed by atoms with Crippen LogP contribution >= 0.6 is 22.6 Å². The lowest BCUT2D eigenvalue weighted by atomic mass is 10.1. The fourth-order valence-corrected chi connectivity index (χ4v) is 1.97. The third-order valence-electron chi connectivity index (χ3n) is 2.59. The Bertz CT molecular complexity index is 330. The summed E-state index contributed by atoms with van der Waals surface area (Å²) >= 11 is 2.30. The van der Waals surface area contributed by atoms with Gasteiger partial charge in [0.05, 0.1) is 6.61 Å². The van der Waals surface area contributed by atoms with Crippen molar-refractivity contribution in [1.29, 1.82) is 0 Å². The second-order valence-corrected chi connectivity index (χ2v) is 4.89. The molecule has 0 amide bonds. The number of halogens is 1. The highest BCUT2D eigenvalue weighted by atomic mass is 127. The largest absolute Gasteiger partial charge is 0.346 e. The molecule has 1 aliphatic heterocycles. The first-order valence-electron chi connectivity index (χ1n) is 5.30. The Labute approximate surface area is 109 Å². The average molecular weight is 334 g/mol. The van der Waals surface area contributed by atoms with E-state index in [2.05, 4.69) is 22.6 Å². The van der Waals surface area contributed by atoms with Crippen LogP contribution in [0, 0.1) is 0 Å². The summed E-state index contributed by atoms with van der Waals surface area (Å²) < 4.78 is 6.52. The fourth-order valence-electron chi connectivity index (χ4n) is 1.46. The zero-order chi connectivity index (χ0) is 11.4. The zero-order valence-corrected chi connectivity index (χ0v) is 11.3. The van der Waals surface area contributed by atoms with Crippen molar-refractivity contribution in [1.82, 2.24) is 0 Å². The van der Waals surface area contributed by atoms with Gasteiger partial charge in [0.2, 0.25) is 6.29 Å². The molecule has 1 aliphatic rings. The lowest BCUT2D eigenvalue weighted by Crippen LogP contribution is -2.30. The first kappa shape index (κ1) is 12.3. The topological polar surface area (TPSA) is 27.7 Å². The number of ether oxygens (including phenoxy) is 1. The van der Waals surface area contributed by atoms with Crippen LogP contribution in [0.15, 0.2) is 30.3 Å². The van der Waals surface area contributed by atoms with E-state index in [9.17, 15) is 0 Å². The maximum Gasteiger partial charge on any atom is 0.217 e. The monoisotopic (exact) mass is 334 g/mol. The lowest BCUT2D eigenvalue weighted by molar-refractivity contribution is -0.404. The minimum Gasteiger partial charge on any atom is -0.346 e. The van der Waals surface area contributed by atoms with E-state index in [4.69, 9.17) is 14.5 Å². The SMILES string of the molecule is CC1(CI)CCOC(c2ccccc2)OO1. The maximum atomic E-state index is 5.64. The Balaban J connectivity index is 2.05. The summed E-state index contributed by atoms with van der Waals surface area (Å²) in [5.41, 5.74) is 0.740. The minimum absolute atomic E-state index is 0.246. The number of hydrogen-bond acceptors (Lipinski definition) is 3. The smallest absolute Gasteiger partial charge is 0.217 e. The third-order valence-corrected chi connectivity index (χ3v) is 4.20. The van der Waals surface area contributed by atoms with Crippen molar-refractivity contribution in [2.75, 3.05) is 11.0 Å². The summed E-state index contributed by atoms with van der Waals surface area (Å²) in [6.45, 7) is 2.69. The third kappa shape index (κ3) is 2.94. The highest BCUT2D eigenvalue weighted by Gasteiger charge is 2.31. The molecule has 4 heteroatoms. The molecule has 2 unspecified atom stereocenters. The predicted octanol–water partition coefficient (Wildman–Crippen LogP) is 3.25. The van der Waals surface area contributed by atoms with E-state index in [0.29, 0.717) is 6.61 Å². The molecule has 0 N–H and O–H groups in total. The van der Waals surface area contributed by atoms with Gasteiger partial charge in [-0.05, 0) is 6.92 Å². The Morgan fingerprint density at radius 1 is 1.38 bits per heavy atom. The highest BCUT2D eigenvalue weighted by molar-refractivity contribution is 14.1. The van der Waals surface area contributed by atoms with Crippen molar-refractivity contribution in [2.24, 2.45) is 0 Å². The quantitative estimate of drug-likeness (QED) is 0.472. The first-order valence-corrected chi connectivity index (χ1v) is 6.83. The molecule has 3 nitrogen and oxygen atoms in total. The summed E-state index contributed by atoms with van der Waals surface area (Å²) in [4.78, 5) is 10.8. The van der Waals surface area contributed by atoms with Gasteiger partial charge in [-0.1, -0.05) is 52.9 Å². The molecule has 1 saturated heterocycles. The molecule has 2 atom stereocenters. The minimum atomic E-state index is -0.411. The molecule has 2 rings (SSSR count). The van der Waals surface area contributed by atoms with E-state index in [-0.39, 0.29) is 5.60 Å². The highest BCUT2D eigenvalue weighted by Crippen LogP contribution is 2.29. The molecule has 0 saturated carbocycles. The molecule has 88 valence electrons. The molecular formula is C12H15IO3. The molecule has 0 aliphatic carbocycles. The van der Waals surface area contributed by atoms with Gasteiger partial charge < -0.3 is 4.74 Å². The van der Waals surface area contributed by atoms with E-state index in [1.54, 1.807) is 0 Å². The molecule has 1 heterocycles. The number of benzene rings is 1. The van der Waals surface area contributed by atoms with Gasteiger partial charge in [-0.3, -0.25) is 0 Å². The standard InChI is InChI=1S/C12H15IO3/c1-12(9-13)7-8-14-11(15-16-12)10-5-3-2-4-6-10/h2-6,11H,7-9H2,1H3. The van der Waals surface area contributed by atoms with E-state index in [1.807, 2.05) is 37.3 Å². The van der Waals surface area contributed by atoms with Crippen LogP contribution < -0.4 is 0 Å². The first-order chi connectivity index (χ1) is 7.73. The van der Waals surface area contributed by atoms with Gasteiger partial charge in [-0.25, -0.2) is 4.89 Å². The number of hydrogen-bond donors (Lipinski definition) is 0. The molecule has 0 bridgehead atoms. The average Bonchev–Trinajstić information content (AvgIpc) is 2.53. The second kappa shape index (κ2) is 5.44. The number of alkyl halides is 1. The van der Waals surface area contributed by atoms with Gasteiger partial charge in [0.25, 0.3) is 0 Å². The summed E-state index contributed by atoms with van der Waals surface area (Å²) in [6.07, 6.45) is 0.435. The Kier molecular flexibility index (Phi) is 4.18. The Morgan fingerprint density at radius 3 is 2.81 bits per heavy atom. The van der Waals surface area contributed by atoms with E-state index in [0.717, 1.165) is 16.4 Å². The fraction of sp³-hybridized carbons (Fsp3) is 0.500. The van der Waals surface area contributed by atoms with E-state index >= 15 is 0 Å². The van der Waals surface area contributed by atoms with Crippen LogP contribution in [0.2, 0.25) is 0 Å². The van der Waals surface area contributed by atoms with Crippen LogP contribution in [0.3, 0.4) is 0 Å². The predicted molar refractivity (Wildman–Crippen MR) is 69.2 cm³/mol. The van der Waals surface area contributed by atoms with Gasteiger partial charge in [-0.15, -0.1) is 0 Å². The molecule has 0 radical (unpaired) electrons. The van der Waals surface area contributed by atoms with Crippen molar-refractivity contribution in [3.05, 3.63) is 35.9 Å². The van der Waals surface area contributed by atoms with Crippen molar-refractivity contribution >= 4 is 22.6 Å². The van der Waals surface area contributed by atoms with Gasteiger partial charge in [0.1, 0.15) is 5.60 Å². The van der Waals surface area contributed by atoms with Crippen LogP contribution in [0.25, 0.3) is 0 Å². The molecule has 16 heavy (non-hydrogen) atoms. The van der Waals surface area contributed by atoms with Gasteiger partial charge in [-0.2, -0.15) is 4.89 Å². The second-order valence-electron chi connectivity index (χ2n) is 4.13. The summed E-state index contributed by atoms with van der Waals surface area (Å²) in [5, 5.41) is 0. The van der Waals surface area contributed by atoms with Crippen LogP contribution in [-0.4, -0.2) is 16.6 Å². The van der Waals surface area contributed by atoms with Crippen molar-refractivity contribution < 1.29 is 14.5 Å². The lowest BCUT2D eigenvalue weighted by Gasteiger charge is -2.23. The molecular weight excluding hydrogens is 319 g/mol. The van der Waals surface area contributed by atoms with Gasteiger partial charge in [0, 0.05) is 16.4 Å². The molecule has 1 aromatic rings. The Hall–Kier alpha value is -0.170. The number of rotatable bonds is 2. The molecule has 1 aromatic carbocycles. The van der Waals surface area contributed by atoms with Crippen LogP contribution in [0.4, 0.5) is 0 Å². The van der Waals surface area contributed by atoms with E-state index in [1.165, 1.54) is 0 Å². The maximum absolute atomic E-state index is 5.64. The van der Waals surface area contributed by atoms with Crippen LogP contribution in [-0.2, 0) is 14.5 Å². The van der Waals surface area contributed by atoms with Crippen molar-refractivity contribution in [3.8, 4) is 0 Å². The summed E-state index contributed by atoms with van der Waals surface area (Å²) in [7, 11) is 0. The Morgan fingerprint density at radius 2 is 2.12 bits per heavy atom. The van der Waals surface area contributed by atoms with Crippen LogP contribution in [0.5, 0.6) is 0 Å². The van der Waals surface area contributed by atoms with E-state index < -0.39 is 6.29 Å². The van der Waals surface area contributed by atoms with Crippen LogP contribution in [0.1, 0.15) is 25.2 Å². The summed E-state index contributed by atoms with van der Waals surface area (Å²) in [6, 6.07) is 9.84. The summed E-state index contributed by atoms with van der Waals surface area (Å²) in [5.74, 6) is 0. The molecule has 1 fully saturated rings. The van der Waals surface area contributed by atoms with Crippen molar-refractivity contribution in [2.45, 2.75) is 25.2 Å².